The lowest BCUT2D eigenvalue weighted by atomic mass is 10.3. The molecule has 0 saturated heterocycles. The third-order valence-corrected chi connectivity index (χ3v) is 1.98. The molecule has 0 aliphatic carbocycles. The summed E-state index contributed by atoms with van der Waals surface area (Å²) in [6.45, 7) is 0. The maximum Gasteiger partial charge on any atom is 0.436 e. The average molecular weight is 257 g/mol. The van der Waals surface area contributed by atoms with Crippen LogP contribution in [0.2, 0.25) is 0 Å². The summed E-state index contributed by atoms with van der Waals surface area (Å²) >= 11 is 0. The summed E-state index contributed by atoms with van der Waals surface area (Å²) in [5.74, 6) is 0. The molecule has 5 nitrogen and oxygen atoms in total. The highest BCUT2D eigenvalue weighted by molar-refractivity contribution is 5.41. The number of azo groups is 1. The molecular weight excluding hydrogens is 251 g/mol. The van der Waals surface area contributed by atoms with Gasteiger partial charge in [0.05, 0.1) is 5.69 Å². The Morgan fingerprint density at radius 2 is 1.78 bits per heavy atom. The molecule has 0 radical (unpaired) electrons. The zero-order valence-electron chi connectivity index (χ0n) is 8.73. The topological polar surface area (TPSA) is 70.7 Å². The second kappa shape index (κ2) is 4.47. The minimum Gasteiger partial charge on any atom is -0.336 e. The van der Waals surface area contributed by atoms with Crippen LogP contribution in [0.1, 0.15) is 5.69 Å². The molecule has 0 aliphatic heterocycles. The molecule has 18 heavy (non-hydrogen) atoms. The van der Waals surface area contributed by atoms with E-state index < -0.39 is 23.2 Å². The molecule has 1 aromatic heterocycles. The number of halogens is 3. The van der Waals surface area contributed by atoms with Gasteiger partial charge in [-0.1, -0.05) is 18.2 Å². The molecule has 0 atom stereocenters. The predicted molar refractivity (Wildman–Crippen MR) is 54.9 cm³/mol. The number of nitrogens with zero attached hydrogens (tertiary/aromatic N) is 2. The van der Waals surface area contributed by atoms with Crippen molar-refractivity contribution in [2.75, 3.05) is 0 Å². The average Bonchev–Trinajstić information content (AvgIpc) is 2.69. The number of hydrogen-bond acceptors (Lipinski definition) is 4. The summed E-state index contributed by atoms with van der Waals surface area (Å²) in [4.78, 5) is 11.1. The van der Waals surface area contributed by atoms with Gasteiger partial charge in [0.1, 0.15) is 0 Å². The van der Waals surface area contributed by atoms with Crippen LogP contribution in [-0.2, 0) is 6.18 Å². The van der Waals surface area contributed by atoms with E-state index in [4.69, 9.17) is 0 Å². The SMILES string of the molecule is O=c1o[nH]c(C(F)(F)F)c1N=Nc1ccccc1. The molecule has 1 N–H and O–H groups in total. The molecule has 1 heterocycles. The Labute approximate surface area is 97.9 Å². The maximum atomic E-state index is 12.5. The molecule has 8 heteroatoms. The van der Waals surface area contributed by atoms with Crippen LogP contribution >= 0.6 is 0 Å². The fourth-order valence-electron chi connectivity index (χ4n) is 1.18. The van der Waals surface area contributed by atoms with Gasteiger partial charge in [-0.2, -0.15) is 18.3 Å². The standard InChI is InChI=1S/C10H6F3N3O2/c11-10(12,13)8-7(9(17)18-16-8)15-14-6-4-2-1-3-5-6/h1-5,16H. The monoisotopic (exact) mass is 257 g/mol. The summed E-state index contributed by atoms with van der Waals surface area (Å²) in [6, 6.07) is 8.05. The maximum absolute atomic E-state index is 12.5. The molecule has 0 spiro atoms. The van der Waals surface area contributed by atoms with Gasteiger partial charge in [0.2, 0.25) is 5.69 Å². The van der Waals surface area contributed by atoms with Crippen molar-refractivity contribution in [2.45, 2.75) is 6.18 Å². The van der Waals surface area contributed by atoms with Crippen LogP contribution < -0.4 is 5.63 Å². The molecule has 0 amide bonds. The first-order chi connectivity index (χ1) is 8.48. The Hall–Kier alpha value is -2.38. The van der Waals surface area contributed by atoms with E-state index in [1.54, 1.807) is 18.2 Å². The minimum absolute atomic E-state index is 0.325. The van der Waals surface area contributed by atoms with Crippen LogP contribution in [0.15, 0.2) is 49.9 Å². The van der Waals surface area contributed by atoms with Gasteiger partial charge in [0, 0.05) is 0 Å². The van der Waals surface area contributed by atoms with Crippen molar-refractivity contribution in [3.05, 3.63) is 46.4 Å². The number of aromatic nitrogens is 1. The van der Waals surface area contributed by atoms with Gasteiger partial charge >= 0.3 is 11.8 Å². The Bertz CT molecular complexity index is 613. The van der Waals surface area contributed by atoms with E-state index >= 15 is 0 Å². The molecule has 94 valence electrons. The van der Waals surface area contributed by atoms with E-state index in [1.807, 2.05) is 0 Å². The van der Waals surface area contributed by atoms with Crippen molar-refractivity contribution in [1.29, 1.82) is 0 Å². The summed E-state index contributed by atoms with van der Waals surface area (Å²) < 4.78 is 41.4. The number of nitrogens with one attached hydrogen (secondary N) is 1. The first kappa shape index (κ1) is 12.1. The fourth-order valence-corrected chi connectivity index (χ4v) is 1.18. The minimum atomic E-state index is -4.75. The van der Waals surface area contributed by atoms with Gasteiger partial charge < -0.3 is 4.52 Å². The Kier molecular flexibility index (Phi) is 3.00. The molecule has 0 aliphatic rings. The second-order valence-corrected chi connectivity index (χ2v) is 3.25. The summed E-state index contributed by atoms with van der Waals surface area (Å²) in [7, 11) is 0. The van der Waals surface area contributed by atoms with Crippen molar-refractivity contribution in [3.63, 3.8) is 0 Å². The van der Waals surface area contributed by atoms with Gasteiger partial charge in [-0.25, -0.2) is 9.95 Å². The van der Waals surface area contributed by atoms with E-state index in [-0.39, 0.29) is 0 Å². The highest BCUT2D eigenvalue weighted by Crippen LogP contribution is 2.33. The van der Waals surface area contributed by atoms with Crippen LogP contribution in [0.25, 0.3) is 0 Å². The molecule has 0 saturated carbocycles. The molecule has 0 unspecified atom stereocenters. The lowest BCUT2D eigenvalue weighted by Gasteiger charge is -2.01. The lowest BCUT2D eigenvalue weighted by molar-refractivity contribution is -0.142. The Balaban J connectivity index is 2.38. The van der Waals surface area contributed by atoms with E-state index in [2.05, 4.69) is 14.8 Å². The van der Waals surface area contributed by atoms with E-state index in [0.717, 1.165) is 0 Å². The normalized spacial score (nSPS) is 12.2. The fraction of sp³-hybridized carbons (Fsp3) is 0.100. The molecule has 1 aromatic carbocycles. The predicted octanol–water partition coefficient (Wildman–Crippen LogP) is 3.40. The second-order valence-electron chi connectivity index (χ2n) is 3.25. The molecule has 0 bridgehead atoms. The highest BCUT2D eigenvalue weighted by Gasteiger charge is 2.38. The van der Waals surface area contributed by atoms with Crippen molar-refractivity contribution < 1.29 is 17.7 Å². The van der Waals surface area contributed by atoms with E-state index in [9.17, 15) is 18.0 Å². The van der Waals surface area contributed by atoms with E-state index in [1.165, 1.54) is 17.3 Å². The third-order valence-electron chi connectivity index (χ3n) is 1.98. The van der Waals surface area contributed by atoms with E-state index in [0.29, 0.717) is 5.69 Å². The zero-order chi connectivity index (χ0) is 13.2. The first-order valence-corrected chi connectivity index (χ1v) is 4.74. The van der Waals surface area contributed by atoms with Crippen LogP contribution in [0.5, 0.6) is 0 Å². The third kappa shape index (κ3) is 2.47. The first-order valence-electron chi connectivity index (χ1n) is 4.74. The van der Waals surface area contributed by atoms with Crippen molar-refractivity contribution in [3.8, 4) is 0 Å². The Morgan fingerprint density at radius 3 is 2.39 bits per heavy atom. The zero-order valence-corrected chi connectivity index (χ0v) is 8.73. The van der Waals surface area contributed by atoms with Crippen LogP contribution in [0.4, 0.5) is 24.5 Å². The van der Waals surface area contributed by atoms with Crippen molar-refractivity contribution in [1.82, 2.24) is 5.16 Å². The number of H-pyrrole nitrogens is 1. The van der Waals surface area contributed by atoms with Gasteiger partial charge in [-0.3, -0.25) is 0 Å². The number of hydrogen-bond donors (Lipinski definition) is 1. The number of benzene rings is 1. The number of rotatable bonds is 2. The van der Waals surface area contributed by atoms with Gasteiger partial charge in [0.15, 0.2) is 5.69 Å². The van der Waals surface area contributed by atoms with Crippen LogP contribution in [0, 0.1) is 0 Å². The molecule has 2 rings (SSSR count). The number of aromatic amines is 1. The summed E-state index contributed by atoms with van der Waals surface area (Å²) in [5, 5.41) is 8.28. The smallest absolute Gasteiger partial charge is 0.336 e. The molecule has 2 aromatic rings. The van der Waals surface area contributed by atoms with Gasteiger partial charge in [-0.05, 0) is 12.1 Å². The van der Waals surface area contributed by atoms with Crippen molar-refractivity contribution >= 4 is 11.4 Å². The quantitative estimate of drug-likeness (QED) is 0.837. The largest absolute Gasteiger partial charge is 0.436 e. The number of alkyl halides is 3. The highest BCUT2D eigenvalue weighted by atomic mass is 19.4. The summed E-state index contributed by atoms with van der Waals surface area (Å²) in [5.41, 5.74) is -3.15. The molecule has 0 fully saturated rings. The summed E-state index contributed by atoms with van der Waals surface area (Å²) in [6.07, 6.45) is -4.75. The van der Waals surface area contributed by atoms with Gasteiger partial charge in [-0.15, -0.1) is 5.11 Å². The Morgan fingerprint density at radius 1 is 1.11 bits per heavy atom. The van der Waals surface area contributed by atoms with Gasteiger partial charge in [0.25, 0.3) is 0 Å². The van der Waals surface area contributed by atoms with Crippen LogP contribution in [-0.4, -0.2) is 5.16 Å². The van der Waals surface area contributed by atoms with Crippen molar-refractivity contribution in [2.24, 2.45) is 10.2 Å². The lowest BCUT2D eigenvalue weighted by Crippen LogP contribution is -2.06. The molecular formula is C10H6F3N3O2. The van der Waals surface area contributed by atoms with Crippen LogP contribution in [0.3, 0.4) is 0 Å².